The van der Waals surface area contributed by atoms with Gasteiger partial charge in [-0.3, -0.25) is 23.8 Å². The molecule has 2 fully saturated rings. The van der Waals surface area contributed by atoms with E-state index >= 15 is 0 Å². The molecular formula is C17H24NO7P. The summed E-state index contributed by atoms with van der Waals surface area (Å²) < 4.78 is 28.8. The smallest absolute Gasteiger partial charge is 0.306 e. The zero-order valence-corrected chi connectivity index (χ0v) is 15.9. The third-order valence-corrected chi connectivity index (χ3v) is 7.51. The number of hydrogen-bond acceptors (Lipinski definition) is 7. The van der Waals surface area contributed by atoms with E-state index in [0.717, 1.165) is 0 Å². The van der Waals surface area contributed by atoms with Gasteiger partial charge < -0.3 is 14.0 Å². The van der Waals surface area contributed by atoms with Crippen molar-refractivity contribution in [2.75, 3.05) is 32.1 Å². The molecule has 0 N–H and O–H groups in total. The monoisotopic (exact) mass is 385 g/mol. The maximum Gasteiger partial charge on any atom is 0.306 e. The maximum atomic E-state index is 13.0. The van der Waals surface area contributed by atoms with E-state index in [0.29, 0.717) is 0 Å². The number of imide groups is 1. The van der Waals surface area contributed by atoms with Gasteiger partial charge in [0.15, 0.2) is 0 Å². The van der Waals surface area contributed by atoms with Gasteiger partial charge in [0, 0.05) is 18.9 Å². The summed E-state index contributed by atoms with van der Waals surface area (Å²) in [6.07, 6.45) is 3.04. The van der Waals surface area contributed by atoms with E-state index in [1.807, 2.05) is 12.2 Å². The molecule has 2 saturated heterocycles. The van der Waals surface area contributed by atoms with Gasteiger partial charge in [-0.05, 0) is 13.8 Å². The summed E-state index contributed by atoms with van der Waals surface area (Å²) in [7, 11) is -3.14. The van der Waals surface area contributed by atoms with Crippen molar-refractivity contribution >= 4 is 25.2 Å². The van der Waals surface area contributed by atoms with E-state index in [2.05, 4.69) is 0 Å². The lowest BCUT2D eigenvalue weighted by atomic mass is 9.85. The third-order valence-electron chi connectivity index (χ3n) is 4.99. The van der Waals surface area contributed by atoms with E-state index in [4.69, 9.17) is 14.0 Å². The van der Waals surface area contributed by atoms with Crippen LogP contribution in [0.3, 0.4) is 0 Å². The van der Waals surface area contributed by atoms with Crippen LogP contribution in [0.4, 0.5) is 0 Å². The molecule has 0 aromatic heterocycles. The highest BCUT2D eigenvalue weighted by atomic mass is 31.2. The summed E-state index contributed by atoms with van der Waals surface area (Å²) in [5.41, 5.74) is 0. The molecule has 5 unspecified atom stereocenters. The lowest BCUT2D eigenvalue weighted by molar-refractivity contribution is -0.143. The molecule has 8 nitrogen and oxygen atoms in total. The maximum absolute atomic E-state index is 13.0. The molecule has 0 saturated carbocycles. The van der Waals surface area contributed by atoms with Crippen LogP contribution in [0.2, 0.25) is 0 Å². The van der Waals surface area contributed by atoms with Crippen molar-refractivity contribution in [1.82, 2.24) is 4.90 Å². The Morgan fingerprint density at radius 3 is 2.27 bits per heavy atom. The topological polar surface area (TPSA) is 99.2 Å². The van der Waals surface area contributed by atoms with Crippen molar-refractivity contribution in [3.63, 3.8) is 0 Å². The highest BCUT2D eigenvalue weighted by Crippen LogP contribution is 2.49. The van der Waals surface area contributed by atoms with Crippen LogP contribution in [-0.2, 0) is 32.9 Å². The zero-order valence-electron chi connectivity index (χ0n) is 15.0. The zero-order chi connectivity index (χ0) is 18.9. The van der Waals surface area contributed by atoms with Crippen LogP contribution in [0.25, 0.3) is 0 Å². The first-order valence-electron chi connectivity index (χ1n) is 8.97. The van der Waals surface area contributed by atoms with Crippen LogP contribution in [0.5, 0.6) is 0 Å². The molecule has 0 aromatic carbocycles. The number of ether oxygens (including phenoxy) is 2. The van der Waals surface area contributed by atoms with Crippen LogP contribution in [0, 0.1) is 11.8 Å². The van der Waals surface area contributed by atoms with Gasteiger partial charge >= 0.3 is 5.97 Å². The molecular weight excluding hydrogens is 361 g/mol. The lowest BCUT2D eigenvalue weighted by Crippen LogP contribution is -2.36. The minimum Gasteiger partial charge on any atom is -0.466 e. The van der Waals surface area contributed by atoms with Gasteiger partial charge in [-0.15, -0.1) is 0 Å². The largest absolute Gasteiger partial charge is 0.466 e. The average molecular weight is 385 g/mol. The average Bonchev–Trinajstić information content (AvgIpc) is 3.27. The quantitative estimate of drug-likeness (QED) is 0.254. The van der Waals surface area contributed by atoms with Crippen molar-refractivity contribution < 1.29 is 32.9 Å². The van der Waals surface area contributed by atoms with Crippen molar-refractivity contribution in [2.45, 2.75) is 32.5 Å². The normalized spacial score (nSPS) is 31.4. The molecule has 0 radical (unpaired) electrons. The number of likely N-dealkylation sites (tertiary alicyclic amines) is 1. The second-order valence-electron chi connectivity index (χ2n) is 6.56. The Balaban J connectivity index is 1.61. The van der Waals surface area contributed by atoms with Gasteiger partial charge in [0.05, 0.1) is 43.7 Å². The van der Waals surface area contributed by atoms with E-state index in [9.17, 15) is 18.9 Å². The predicted octanol–water partition coefficient (Wildman–Crippen LogP) is 1.19. The molecule has 0 aromatic rings. The number of hydrogen-bond donors (Lipinski definition) is 0. The van der Waals surface area contributed by atoms with E-state index in [-0.39, 0.29) is 62.5 Å². The van der Waals surface area contributed by atoms with Crippen molar-refractivity contribution in [3.8, 4) is 0 Å². The van der Waals surface area contributed by atoms with Gasteiger partial charge in [0.25, 0.3) is 0 Å². The summed E-state index contributed by atoms with van der Waals surface area (Å²) in [6.45, 7) is 3.94. The summed E-state index contributed by atoms with van der Waals surface area (Å²) in [6, 6.07) is 0. The minimum absolute atomic E-state index is 0.0137. The van der Waals surface area contributed by atoms with Crippen molar-refractivity contribution in [1.29, 1.82) is 0 Å². The lowest BCUT2D eigenvalue weighted by Gasteiger charge is -2.22. The summed E-state index contributed by atoms with van der Waals surface area (Å²) in [4.78, 5) is 37.9. The Morgan fingerprint density at radius 2 is 1.73 bits per heavy atom. The van der Waals surface area contributed by atoms with Crippen LogP contribution in [0.1, 0.15) is 20.3 Å². The standard InChI is InChI=1S/C17H24NO7P/c1-3-23-13(19)7-9-26(22,24-4-2)10-8-18-16(20)14-11-5-6-12(25-11)15(14)17(18)21/h5-6,11-12,14-15H,3-4,7-10H2,1-2H3. The van der Waals surface area contributed by atoms with Gasteiger partial charge in [-0.1, -0.05) is 12.2 Å². The Morgan fingerprint density at radius 1 is 1.12 bits per heavy atom. The fourth-order valence-electron chi connectivity index (χ4n) is 3.81. The molecule has 0 aliphatic carbocycles. The molecule has 3 aliphatic heterocycles. The molecule has 3 aliphatic rings. The molecule has 3 heterocycles. The number of rotatable bonds is 9. The number of amides is 2. The Labute approximate surface area is 152 Å². The Kier molecular flexibility index (Phi) is 5.65. The first kappa shape index (κ1) is 19.3. The third kappa shape index (κ3) is 3.50. The van der Waals surface area contributed by atoms with Gasteiger partial charge in [0.1, 0.15) is 0 Å². The SMILES string of the molecule is CCOC(=O)CCP(=O)(CCN1C(=O)C2C3C=CC(O3)C2C1=O)OCC. The molecule has 2 amide bonds. The Hall–Kier alpha value is -1.50. The second kappa shape index (κ2) is 7.62. The van der Waals surface area contributed by atoms with Gasteiger partial charge in [0.2, 0.25) is 19.2 Å². The van der Waals surface area contributed by atoms with Crippen LogP contribution in [-0.4, -0.2) is 67.0 Å². The van der Waals surface area contributed by atoms with Crippen LogP contribution < -0.4 is 0 Å². The van der Waals surface area contributed by atoms with Crippen LogP contribution in [0.15, 0.2) is 12.2 Å². The molecule has 2 bridgehead atoms. The van der Waals surface area contributed by atoms with E-state index < -0.39 is 25.2 Å². The fourth-order valence-corrected chi connectivity index (χ4v) is 5.79. The fraction of sp³-hybridized carbons (Fsp3) is 0.706. The van der Waals surface area contributed by atoms with E-state index in [1.165, 1.54) is 4.90 Å². The van der Waals surface area contributed by atoms with Crippen LogP contribution >= 0.6 is 7.37 Å². The number of esters is 1. The minimum atomic E-state index is -3.14. The number of fused-ring (bicyclic) bond motifs is 5. The molecule has 5 atom stereocenters. The van der Waals surface area contributed by atoms with Crippen molar-refractivity contribution in [2.24, 2.45) is 11.8 Å². The number of carbonyl (C=O) groups excluding carboxylic acids is 3. The predicted molar refractivity (Wildman–Crippen MR) is 91.7 cm³/mol. The highest BCUT2D eigenvalue weighted by molar-refractivity contribution is 7.59. The molecule has 3 rings (SSSR count). The van der Waals surface area contributed by atoms with Gasteiger partial charge in [-0.25, -0.2) is 0 Å². The first-order chi connectivity index (χ1) is 12.4. The first-order valence-corrected chi connectivity index (χ1v) is 11.0. The second-order valence-corrected chi connectivity index (χ2v) is 9.35. The number of carbonyl (C=O) groups is 3. The Bertz CT molecular complexity index is 646. The summed E-state index contributed by atoms with van der Waals surface area (Å²) in [5, 5.41) is 0. The summed E-state index contributed by atoms with van der Waals surface area (Å²) >= 11 is 0. The number of nitrogens with zero attached hydrogens (tertiary/aromatic N) is 1. The van der Waals surface area contributed by atoms with E-state index in [1.54, 1.807) is 13.8 Å². The highest BCUT2D eigenvalue weighted by Gasteiger charge is 2.60. The summed E-state index contributed by atoms with van der Waals surface area (Å²) in [5.74, 6) is -1.92. The van der Waals surface area contributed by atoms with Gasteiger partial charge in [-0.2, -0.15) is 0 Å². The van der Waals surface area contributed by atoms with Crippen molar-refractivity contribution in [3.05, 3.63) is 12.2 Å². The molecule has 9 heteroatoms. The molecule has 0 spiro atoms. The molecule has 26 heavy (non-hydrogen) atoms. The molecule has 144 valence electrons.